The molecule has 1 saturated heterocycles. The summed E-state index contributed by atoms with van der Waals surface area (Å²) in [6, 6.07) is 2.33. The van der Waals surface area contributed by atoms with Gasteiger partial charge in [0.05, 0.1) is 12.1 Å². The molecule has 0 bridgehead atoms. The maximum absolute atomic E-state index is 5.85. The molecule has 2 rings (SSSR count). The van der Waals surface area contributed by atoms with Gasteiger partial charge >= 0.3 is 0 Å². The lowest BCUT2D eigenvalue weighted by Crippen LogP contribution is -2.34. The summed E-state index contributed by atoms with van der Waals surface area (Å²) in [5, 5.41) is 3.36. The third-order valence-corrected chi connectivity index (χ3v) is 3.31. The molecule has 0 spiro atoms. The van der Waals surface area contributed by atoms with Gasteiger partial charge in [-0.05, 0) is 50.4 Å². The Morgan fingerprint density at radius 3 is 3.00 bits per heavy atom. The Balaban J connectivity index is 2.18. The first kappa shape index (κ1) is 11.6. The summed E-state index contributed by atoms with van der Waals surface area (Å²) in [6.45, 7) is 3.02. The summed E-state index contributed by atoms with van der Waals surface area (Å²) in [7, 11) is 2.00. The Morgan fingerprint density at radius 2 is 2.38 bits per heavy atom. The number of aromatic nitrogens is 1. The Morgan fingerprint density at radius 1 is 1.50 bits per heavy atom. The van der Waals surface area contributed by atoms with Crippen LogP contribution in [0, 0.1) is 6.92 Å². The van der Waals surface area contributed by atoms with E-state index < -0.39 is 0 Å². The van der Waals surface area contributed by atoms with Gasteiger partial charge in [-0.3, -0.25) is 4.98 Å². The van der Waals surface area contributed by atoms with Gasteiger partial charge in [0.1, 0.15) is 0 Å². The lowest BCUT2D eigenvalue weighted by atomic mass is 9.94. The maximum Gasteiger partial charge on any atom is 0.0770 e. The summed E-state index contributed by atoms with van der Waals surface area (Å²) in [6.07, 6.45) is 7.68. The Labute approximate surface area is 97.2 Å². The van der Waals surface area contributed by atoms with E-state index in [1.165, 1.54) is 24.0 Å². The number of ether oxygens (including phenoxy) is 1. The minimum atomic E-state index is 0.272. The Kier molecular flexibility index (Phi) is 3.91. The van der Waals surface area contributed by atoms with E-state index in [0.717, 1.165) is 13.0 Å². The average Bonchev–Trinajstić information content (AvgIpc) is 2.34. The van der Waals surface area contributed by atoms with E-state index in [2.05, 4.69) is 23.3 Å². The molecule has 0 radical (unpaired) electrons. The van der Waals surface area contributed by atoms with E-state index in [1.807, 2.05) is 19.4 Å². The number of nitrogens with zero attached hydrogens (tertiary/aromatic N) is 1. The fraction of sp³-hybridized carbons (Fsp3) is 0.615. The normalized spacial score (nSPS) is 23.0. The van der Waals surface area contributed by atoms with Crippen LogP contribution in [0.5, 0.6) is 0 Å². The number of nitrogens with one attached hydrogen (secondary N) is 1. The first-order valence-electron chi connectivity index (χ1n) is 6.02. The van der Waals surface area contributed by atoms with Gasteiger partial charge in [0.25, 0.3) is 0 Å². The highest BCUT2D eigenvalue weighted by Gasteiger charge is 2.25. The SMILES string of the molecule is CNC(c1cnccc1C)C1CCCCO1. The zero-order valence-electron chi connectivity index (χ0n) is 10.1. The number of aryl methyl sites for hydroxylation is 1. The standard InChI is InChI=1S/C13H20N2O/c1-10-6-7-15-9-11(10)13(14-2)12-5-3-4-8-16-12/h6-7,9,12-14H,3-5,8H2,1-2H3. The van der Waals surface area contributed by atoms with E-state index in [0.29, 0.717) is 6.10 Å². The Hall–Kier alpha value is -0.930. The molecule has 1 fully saturated rings. The predicted octanol–water partition coefficient (Wildman–Crippen LogP) is 2.22. The molecule has 1 aliphatic rings. The van der Waals surface area contributed by atoms with Crippen molar-refractivity contribution < 1.29 is 4.74 Å². The topological polar surface area (TPSA) is 34.2 Å². The van der Waals surface area contributed by atoms with Crippen molar-refractivity contribution in [2.75, 3.05) is 13.7 Å². The quantitative estimate of drug-likeness (QED) is 0.848. The monoisotopic (exact) mass is 220 g/mol. The van der Waals surface area contributed by atoms with Crippen molar-refractivity contribution in [3.05, 3.63) is 29.6 Å². The van der Waals surface area contributed by atoms with Crippen molar-refractivity contribution >= 4 is 0 Å². The van der Waals surface area contributed by atoms with Crippen LogP contribution in [0.4, 0.5) is 0 Å². The van der Waals surface area contributed by atoms with Gasteiger partial charge in [0, 0.05) is 19.0 Å². The molecular weight excluding hydrogens is 200 g/mol. The highest BCUT2D eigenvalue weighted by Crippen LogP contribution is 2.27. The van der Waals surface area contributed by atoms with Gasteiger partial charge in [0.15, 0.2) is 0 Å². The second-order valence-electron chi connectivity index (χ2n) is 4.40. The summed E-state index contributed by atoms with van der Waals surface area (Å²) >= 11 is 0. The second-order valence-corrected chi connectivity index (χ2v) is 4.40. The van der Waals surface area contributed by atoms with Crippen LogP contribution in [0.15, 0.2) is 18.5 Å². The van der Waals surface area contributed by atoms with Crippen LogP contribution in [0.25, 0.3) is 0 Å². The summed E-state index contributed by atoms with van der Waals surface area (Å²) in [5.74, 6) is 0. The van der Waals surface area contributed by atoms with Gasteiger partial charge < -0.3 is 10.1 Å². The van der Waals surface area contributed by atoms with Crippen molar-refractivity contribution in [2.45, 2.75) is 38.3 Å². The van der Waals surface area contributed by atoms with E-state index >= 15 is 0 Å². The van der Waals surface area contributed by atoms with Gasteiger partial charge in [0.2, 0.25) is 0 Å². The number of hydrogen-bond acceptors (Lipinski definition) is 3. The van der Waals surface area contributed by atoms with Gasteiger partial charge in [-0.15, -0.1) is 0 Å². The highest BCUT2D eigenvalue weighted by atomic mass is 16.5. The minimum absolute atomic E-state index is 0.272. The molecule has 1 N–H and O–H groups in total. The van der Waals surface area contributed by atoms with Gasteiger partial charge in [-0.25, -0.2) is 0 Å². The van der Waals surface area contributed by atoms with E-state index in [9.17, 15) is 0 Å². The molecule has 1 aromatic rings. The van der Waals surface area contributed by atoms with Crippen molar-refractivity contribution in [3.63, 3.8) is 0 Å². The van der Waals surface area contributed by atoms with Crippen LogP contribution in [0.2, 0.25) is 0 Å². The summed E-state index contributed by atoms with van der Waals surface area (Å²) in [5.41, 5.74) is 2.54. The molecule has 0 amide bonds. The highest BCUT2D eigenvalue weighted by molar-refractivity contribution is 5.26. The lowest BCUT2D eigenvalue weighted by molar-refractivity contribution is -0.00681. The first-order valence-corrected chi connectivity index (χ1v) is 6.02. The van der Waals surface area contributed by atoms with Crippen molar-refractivity contribution in [2.24, 2.45) is 0 Å². The van der Waals surface area contributed by atoms with Crippen LogP contribution >= 0.6 is 0 Å². The largest absolute Gasteiger partial charge is 0.376 e. The zero-order chi connectivity index (χ0) is 11.4. The van der Waals surface area contributed by atoms with Crippen LogP contribution in [-0.4, -0.2) is 24.7 Å². The number of pyridine rings is 1. The fourth-order valence-corrected chi connectivity index (χ4v) is 2.37. The average molecular weight is 220 g/mol. The molecule has 1 aliphatic heterocycles. The Bertz CT molecular complexity index is 334. The van der Waals surface area contributed by atoms with Crippen LogP contribution in [-0.2, 0) is 4.74 Å². The van der Waals surface area contributed by atoms with E-state index in [-0.39, 0.29) is 6.04 Å². The molecule has 88 valence electrons. The minimum Gasteiger partial charge on any atom is -0.376 e. The first-order chi connectivity index (χ1) is 7.83. The molecule has 1 aromatic heterocycles. The molecule has 2 unspecified atom stereocenters. The predicted molar refractivity (Wildman–Crippen MR) is 64.4 cm³/mol. The van der Waals surface area contributed by atoms with Crippen molar-refractivity contribution in [1.29, 1.82) is 0 Å². The number of hydrogen-bond donors (Lipinski definition) is 1. The summed E-state index contributed by atoms with van der Waals surface area (Å²) < 4.78 is 5.85. The molecular formula is C13H20N2O. The van der Waals surface area contributed by atoms with E-state index in [4.69, 9.17) is 4.74 Å². The molecule has 3 nitrogen and oxygen atoms in total. The molecule has 2 heterocycles. The number of likely N-dealkylation sites (N-methyl/N-ethyl adjacent to an activating group) is 1. The molecule has 0 saturated carbocycles. The molecule has 0 aromatic carbocycles. The zero-order valence-corrected chi connectivity index (χ0v) is 10.1. The molecule has 2 atom stereocenters. The van der Waals surface area contributed by atoms with Crippen molar-refractivity contribution in [3.8, 4) is 0 Å². The second kappa shape index (κ2) is 5.41. The maximum atomic E-state index is 5.85. The van der Waals surface area contributed by atoms with E-state index in [1.54, 1.807) is 0 Å². The van der Waals surface area contributed by atoms with Gasteiger partial charge in [-0.1, -0.05) is 0 Å². The third kappa shape index (κ3) is 2.42. The molecule has 16 heavy (non-hydrogen) atoms. The number of rotatable bonds is 3. The molecule has 0 aliphatic carbocycles. The fourth-order valence-electron chi connectivity index (χ4n) is 2.37. The smallest absolute Gasteiger partial charge is 0.0770 e. The third-order valence-electron chi connectivity index (χ3n) is 3.31. The summed E-state index contributed by atoms with van der Waals surface area (Å²) in [4.78, 5) is 4.21. The lowest BCUT2D eigenvalue weighted by Gasteiger charge is -2.31. The van der Waals surface area contributed by atoms with Crippen LogP contribution in [0.3, 0.4) is 0 Å². The van der Waals surface area contributed by atoms with Crippen LogP contribution in [0.1, 0.15) is 36.4 Å². The van der Waals surface area contributed by atoms with Gasteiger partial charge in [-0.2, -0.15) is 0 Å². The van der Waals surface area contributed by atoms with Crippen LogP contribution < -0.4 is 5.32 Å². The molecule has 3 heteroatoms. The van der Waals surface area contributed by atoms with Crippen molar-refractivity contribution in [1.82, 2.24) is 10.3 Å².